The van der Waals surface area contributed by atoms with Gasteiger partial charge in [0.1, 0.15) is 12.2 Å². The molecular weight excluding hydrogens is 583 g/mol. The molecule has 0 unspecified atom stereocenters. The van der Waals surface area contributed by atoms with Crippen LogP contribution < -0.4 is 19.7 Å². The minimum Gasteiger partial charge on any atom is -0.493 e. The number of benzene rings is 3. The van der Waals surface area contributed by atoms with E-state index in [2.05, 4.69) is 21.2 Å². The summed E-state index contributed by atoms with van der Waals surface area (Å²) in [5, 5.41) is 3.24. The van der Waals surface area contributed by atoms with Crippen molar-refractivity contribution in [2.75, 3.05) is 12.0 Å². The van der Waals surface area contributed by atoms with E-state index >= 15 is 0 Å². The van der Waals surface area contributed by atoms with Gasteiger partial charge in [0, 0.05) is 15.6 Å². The Balaban J connectivity index is 1.66. The van der Waals surface area contributed by atoms with E-state index in [1.165, 1.54) is 13.2 Å². The topological polar surface area (TPSA) is 84.9 Å². The van der Waals surface area contributed by atoms with Gasteiger partial charge in [-0.25, -0.2) is 9.69 Å². The normalized spacial score (nSPS) is 14.7. The van der Waals surface area contributed by atoms with Crippen LogP contribution in [0.25, 0.3) is 6.08 Å². The van der Waals surface area contributed by atoms with Crippen LogP contribution in [-0.4, -0.2) is 25.0 Å². The van der Waals surface area contributed by atoms with Crippen LogP contribution in [0.3, 0.4) is 0 Å². The fourth-order valence-corrected chi connectivity index (χ4v) is 4.86. The quantitative estimate of drug-likeness (QED) is 0.244. The average Bonchev–Trinajstić information content (AvgIpc) is 2.86. The first-order chi connectivity index (χ1) is 17.7. The molecule has 1 heterocycles. The van der Waals surface area contributed by atoms with E-state index in [1.54, 1.807) is 42.5 Å². The Labute approximate surface area is 232 Å². The molecule has 37 heavy (non-hydrogen) atoms. The van der Waals surface area contributed by atoms with Crippen LogP contribution in [0.2, 0.25) is 10.0 Å². The third kappa shape index (κ3) is 5.66. The van der Waals surface area contributed by atoms with E-state index in [1.807, 2.05) is 19.1 Å². The van der Waals surface area contributed by atoms with Crippen molar-refractivity contribution < 1.29 is 23.9 Å². The summed E-state index contributed by atoms with van der Waals surface area (Å²) in [6.45, 7) is 2.07. The summed E-state index contributed by atoms with van der Waals surface area (Å²) in [6.07, 6.45) is 2.01. The maximum atomic E-state index is 13.3. The summed E-state index contributed by atoms with van der Waals surface area (Å²) in [4.78, 5) is 39.5. The van der Waals surface area contributed by atoms with Crippen LogP contribution in [0.5, 0.6) is 11.5 Å². The highest BCUT2D eigenvalue weighted by Gasteiger charge is 2.37. The Kier molecular flexibility index (Phi) is 8.22. The number of carbonyl (C=O) groups excluding carboxylic acids is 3. The number of hydrogen-bond acceptors (Lipinski definition) is 5. The van der Waals surface area contributed by atoms with Gasteiger partial charge < -0.3 is 9.47 Å². The molecule has 0 aliphatic carbocycles. The van der Waals surface area contributed by atoms with Crippen molar-refractivity contribution in [3.05, 3.63) is 91.4 Å². The number of methoxy groups -OCH3 is 1. The summed E-state index contributed by atoms with van der Waals surface area (Å²) in [5.74, 6) is -0.738. The average molecular weight is 604 g/mol. The Bertz CT molecular complexity index is 1440. The number of para-hydroxylation sites is 1. The number of imide groups is 2. The zero-order valence-electron chi connectivity index (χ0n) is 19.8. The zero-order chi connectivity index (χ0) is 26.7. The first-order valence-electron chi connectivity index (χ1n) is 11.2. The van der Waals surface area contributed by atoms with E-state index < -0.39 is 17.8 Å². The van der Waals surface area contributed by atoms with Crippen molar-refractivity contribution in [2.24, 2.45) is 0 Å². The van der Waals surface area contributed by atoms with Crippen LogP contribution >= 0.6 is 39.1 Å². The Hall–Kier alpha value is -3.33. The molecule has 10 heteroatoms. The maximum absolute atomic E-state index is 13.3. The number of amides is 4. The molecule has 4 amide bonds. The van der Waals surface area contributed by atoms with Crippen LogP contribution in [-0.2, 0) is 22.6 Å². The van der Waals surface area contributed by atoms with Crippen LogP contribution in [0.4, 0.5) is 10.5 Å². The molecule has 4 rings (SSSR count). The van der Waals surface area contributed by atoms with Crippen molar-refractivity contribution >= 4 is 68.7 Å². The lowest BCUT2D eigenvalue weighted by atomic mass is 10.0. The smallest absolute Gasteiger partial charge is 0.335 e. The van der Waals surface area contributed by atoms with E-state index in [-0.39, 0.29) is 12.2 Å². The largest absolute Gasteiger partial charge is 0.493 e. The fraction of sp³-hybridized carbons (Fsp3) is 0.148. The third-order valence-electron chi connectivity index (χ3n) is 5.66. The molecule has 3 aromatic rings. The SMILES string of the molecule is CCc1ccccc1N1C(=O)NC(=O)/C(=C/c2cc(Br)c(OCc3ccc(Cl)cc3Cl)c(OC)c2)C1=O. The number of nitrogens with zero attached hydrogens (tertiary/aromatic N) is 1. The molecule has 1 aliphatic rings. The molecule has 1 saturated heterocycles. The van der Waals surface area contributed by atoms with Crippen LogP contribution in [0.1, 0.15) is 23.6 Å². The second kappa shape index (κ2) is 11.4. The number of halogens is 3. The molecule has 0 saturated carbocycles. The molecule has 190 valence electrons. The fourth-order valence-electron chi connectivity index (χ4n) is 3.82. The lowest BCUT2D eigenvalue weighted by molar-refractivity contribution is -0.122. The van der Waals surface area contributed by atoms with Gasteiger partial charge in [0.2, 0.25) is 0 Å². The van der Waals surface area contributed by atoms with Gasteiger partial charge in [-0.1, -0.05) is 54.4 Å². The van der Waals surface area contributed by atoms with Crippen molar-refractivity contribution in [3.63, 3.8) is 0 Å². The summed E-state index contributed by atoms with van der Waals surface area (Å²) in [7, 11) is 1.47. The van der Waals surface area contributed by atoms with Crippen LogP contribution in [0, 0.1) is 0 Å². The first-order valence-corrected chi connectivity index (χ1v) is 12.7. The molecule has 0 spiro atoms. The maximum Gasteiger partial charge on any atom is 0.335 e. The molecule has 0 bridgehead atoms. The summed E-state index contributed by atoms with van der Waals surface area (Å²) in [6, 6.07) is 14.7. The molecule has 3 aromatic carbocycles. The minimum atomic E-state index is -0.795. The van der Waals surface area contributed by atoms with Gasteiger partial charge in [0.05, 0.1) is 17.3 Å². The highest BCUT2D eigenvalue weighted by atomic mass is 79.9. The molecule has 0 radical (unpaired) electrons. The molecule has 0 aromatic heterocycles. The Morgan fingerprint density at radius 2 is 1.78 bits per heavy atom. The predicted molar refractivity (Wildman–Crippen MR) is 146 cm³/mol. The second-order valence-corrected chi connectivity index (χ2v) is 9.70. The van der Waals surface area contributed by atoms with Crippen molar-refractivity contribution in [3.8, 4) is 11.5 Å². The summed E-state index contributed by atoms with van der Waals surface area (Å²) in [5.41, 5.74) is 2.24. The van der Waals surface area contributed by atoms with E-state index in [0.29, 0.717) is 43.7 Å². The number of urea groups is 1. The number of carbonyl (C=O) groups is 3. The molecule has 1 fully saturated rings. The van der Waals surface area contributed by atoms with E-state index in [9.17, 15) is 14.4 Å². The van der Waals surface area contributed by atoms with Crippen molar-refractivity contribution in [1.29, 1.82) is 0 Å². The van der Waals surface area contributed by atoms with E-state index in [0.717, 1.165) is 16.0 Å². The predicted octanol–water partition coefficient (Wildman–Crippen LogP) is 6.57. The molecular formula is C27H21BrCl2N2O5. The number of anilines is 1. The number of nitrogens with one attached hydrogen (secondary N) is 1. The number of ether oxygens (including phenoxy) is 2. The van der Waals surface area contributed by atoms with Crippen molar-refractivity contribution in [2.45, 2.75) is 20.0 Å². The van der Waals surface area contributed by atoms with Crippen LogP contribution in [0.15, 0.2) is 64.6 Å². The summed E-state index contributed by atoms with van der Waals surface area (Å²) < 4.78 is 12.0. The monoisotopic (exact) mass is 602 g/mol. The van der Waals surface area contributed by atoms with Gasteiger partial charge in [0.25, 0.3) is 11.8 Å². The Morgan fingerprint density at radius 1 is 1.03 bits per heavy atom. The van der Waals surface area contributed by atoms with E-state index in [4.69, 9.17) is 32.7 Å². The Morgan fingerprint density at radius 3 is 2.49 bits per heavy atom. The molecule has 0 atom stereocenters. The van der Waals surface area contributed by atoms with Gasteiger partial charge in [-0.15, -0.1) is 0 Å². The number of aryl methyl sites for hydroxylation is 1. The highest BCUT2D eigenvalue weighted by molar-refractivity contribution is 9.10. The lowest BCUT2D eigenvalue weighted by Gasteiger charge is -2.28. The summed E-state index contributed by atoms with van der Waals surface area (Å²) >= 11 is 15.7. The number of rotatable bonds is 7. The van der Waals surface area contributed by atoms with Gasteiger partial charge in [-0.2, -0.15) is 0 Å². The molecule has 1 N–H and O–H groups in total. The standard InChI is InChI=1S/C27H21BrCl2N2O5/c1-3-16-6-4-5-7-22(16)32-26(34)19(25(33)31-27(32)35)10-15-11-20(28)24(23(12-15)36-2)37-14-17-8-9-18(29)13-21(17)30/h4-13H,3,14H2,1-2H3,(H,31,33,35)/b19-10-. The third-order valence-corrected chi connectivity index (χ3v) is 6.84. The lowest BCUT2D eigenvalue weighted by Crippen LogP contribution is -2.54. The molecule has 7 nitrogen and oxygen atoms in total. The number of barbiturate groups is 1. The van der Waals surface area contributed by atoms with Gasteiger partial charge in [-0.3, -0.25) is 14.9 Å². The number of hydrogen-bond donors (Lipinski definition) is 1. The van der Waals surface area contributed by atoms with Gasteiger partial charge >= 0.3 is 6.03 Å². The van der Waals surface area contributed by atoms with Gasteiger partial charge in [0.15, 0.2) is 11.5 Å². The minimum absolute atomic E-state index is 0.153. The van der Waals surface area contributed by atoms with Crippen molar-refractivity contribution in [1.82, 2.24) is 5.32 Å². The second-order valence-electron chi connectivity index (χ2n) is 8.00. The zero-order valence-corrected chi connectivity index (χ0v) is 22.9. The van der Waals surface area contributed by atoms with Gasteiger partial charge in [-0.05, 0) is 69.9 Å². The molecule has 1 aliphatic heterocycles. The first kappa shape index (κ1) is 26.7. The highest BCUT2D eigenvalue weighted by Crippen LogP contribution is 2.38.